The lowest BCUT2D eigenvalue weighted by atomic mass is 9.85. The van der Waals surface area contributed by atoms with Crippen molar-refractivity contribution >= 4 is 5.82 Å². The van der Waals surface area contributed by atoms with E-state index in [1.807, 2.05) is 0 Å². The molecule has 0 aromatic carbocycles. The highest BCUT2D eigenvalue weighted by atomic mass is 16.3. The van der Waals surface area contributed by atoms with E-state index >= 15 is 0 Å². The van der Waals surface area contributed by atoms with E-state index in [9.17, 15) is 4.79 Å². The molecule has 0 bridgehead atoms. The van der Waals surface area contributed by atoms with Gasteiger partial charge in [0.1, 0.15) is 0 Å². The Balaban J connectivity index is 2.21. The lowest BCUT2D eigenvalue weighted by Crippen LogP contribution is -2.38. The molecule has 1 heterocycles. The van der Waals surface area contributed by atoms with Gasteiger partial charge in [-0.3, -0.25) is 4.79 Å². The number of nitrogens with zero attached hydrogens (tertiary/aromatic N) is 2. The van der Waals surface area contributed by atoms with Gasteiger partial charge in [0.05, 0.1) is 0 Å². The van der Waals surface area contributed by atoms with Crippen LogP contribution in [0.15, 0.2) is 17.2 Å². The summed E-state index contributed by atoms with van der Waals surface area (Å²) in [5, 5.41) is 12.4. The molecule has 0 aliphatic heterocycles. The zero-order valence-corrected chi connectivity index (χ0v) is 11.9. The Labute approximate surface area is 113 Å². The maximum absolute atomic E-state index is 12.3. The van der Waals surface area contributed by atoms with Gasteiger partial charge >= 0.3 is 0 Å². The van der Waals surface area contributed by atoms with Crippen LogP contribution in [0.2, 0.25) is 0 Å². The Kier molecular flexibility index (Phi) is 3.94. The van der Waals surface area contributed by atoms with E-state index < -0.39 is 0 Å². The summed E-state index contributed by atoms with van der Waals surface area (Å²) in [6.45, 7) is 6.35. The molecule has 0 saturated heterocycles. The number of hydrogen-bond acceptors (Lipinski definition) is 4. The van der Waals surface area contributed by atoms with Gasteiger partial charge in [-0.05, 0) is 24.7 Å². The largest absolute Gasteiger partial charge is 0.396 e. The molecule has 5 nitrogen and oxygen atoms in total. The number of anilines is 1. The normalized spacial score (nSPS) is 17.3. The van der Waals surface area contributed by atoms with Crippen LogP contribution in [0.4, 0.5) is 5.82 Å². The summed E-state index contributed by atoms with van der Waals surface area (Å²) in [5.74, 6) is 0.391. The molecule has 1 aliphatic carbocycles. The van der Waals surface area contributed by atoms with Crippen LogP contribution < -0.4 is 10.9 Å². The minimum atomic E-state index is -0.0582. The van der Waals surface area contributed by atoms with E-state index in [1.54, 1.807) is 17.0 Å². The van der Waals surface area contributed by atoms with E-state index in [0.717, 1.165) is 12.8 Å². The topological polar surface area (TPSA) is 67.2 Å². The molecule has 2 rings (SSSR count). The second-order valence-corrected chi connectivity index (χ2v) is 6.29. The van der Waals surface area contributed by atoms with E-state index in [1.165, 1.54) is 0 Å². The van der Waals surface area contributed by atoms with E-state index in [0.29, 0.717) is 18.3 Å². The van der Waals surface area contributed by atoms with Crippen LogP contribution in [0.25, 0.3) is 0 Å². The highest BCUT2D eigenvalue weighted by Gasteiger charge is 2.28. The highest BCUT2D eigenvalue weighted by molar-refractivity contribution is 5.33. The van der Waals surface area contributed by atoms with E-state index in [-0.39, 0.29) is 23.6 Å². The average Bonchev–Trinajstić information content (AvgIpc) is 3.13. The Bertz CT molecular complexity index is 486. The SMILES string of the molecule is CC(C)(C)C(CCO)Nc1nccn(C2CC2)c1=O. The van der Waals surface area contributed by atoms with Crippen molar-refractivity contribution in [3.05, 3.63) is 22.7 Å². The van der Waals surface area contributed by atoms with Crippen molar-refractivity contribution in [3.8, 4) is 0 Å². The number of aliphatic hydroxyl groups is 1. The van der Waals surface area contributed by atoms with Crippen LogP contribution in [0.1, 0.15) is 46.1 Å². The summed E-state index contributed by atoms with van der Waals surface area (Å²) in [5.41, 5.74) is -0.103. The van der Waals surface area contributed by atoms with Crippen molar-refractivity contribution in [2.75, 3.05) is 11.9 Å². The van der Waals surface area contributed by atoms with Crippen molar-refractivity contribution in [2.24, 2.45) is 5.41 Å². The monoisotopic (exact) mass is 265 g/mol. The second kappa shape index (κ2) is 5.33. The van der Waals surface area contributed by atoms with Gasteiger partial charge in [-0.25, -0.2) is 4.98 Å². The average molecular weight is 265 g/mol. The summed E-state index contributed by atoms with van der Waals surface area (Å²) < 4.78 is 1.76. The van der Waals surface area contributed by atoms with Crippen LogP contribution in [0.5, 0.6) is 0 Å². The van der Waals surface area contributed by atoms with Crippen LogP contribution in [0.3, 0.4) is 0 Å². The van der Waals surface area contributed by atoms with Crippen LogP contribution in [-0.2, 0) is 0 Å². The molecule has 2 N–H and O–H groups in total. The predicted molar refractivity (Wildman–Crippen MR) is 75.3 cm³/mol. The van der Waals surface area contributed by atoms with Gasteiger partial charge in [0.15, 0.2) is 5.82 Å². The fraction of sp³-hybridized carbons (Fsp3) is 0.714. The predicted octanol–water partition coefficient (Wildman–Crippen LogP) is 1.79. The minimum absolute atomic E-state index is 0.0211. The number of rotatable bonds is 5. The molecule has 1 atom stereocenters. The molecule has 1 saturated carbocycles. The van der Waals surface area contributed by atoms with Gasteiger partial charge in [-0.2, -0.15) is 0 Å². The fourth-order valence-corrected chi connectivity index (χ4v) is 2.18. The number of hydrogen-bond donors (Lipinski definition) is 2. The molecule has 1 unspecified atom stereocenters. The second-order valence-electron chi connectivity index (χ2n) is 6.29. The van der Waals surface area contributed by atoms with Crippen molar-refractivity contribution in [1.29, 1.82) is 0 Å². The van der Waals surface area contributed by atoms with Crippen molar-refractivity contribution in [1.82, 2.24) is 9.55 Å². The molecule has 1 aromatic rings. The Morgan fingerprint density at radius 2 is 2.21 bits per heavy atom. The highest BCUT2D eigenvalue weighted by Crippen LogP contribution is 2.33. The quantitative estimate of drug-likeness (QED) is 0.851. The Morgan fingerprint density at radius 3 is 2.74 bits per heavy atom. The Morgan fingerprint density at radius 1 is 1.53 bits per heavy atom. The van der Waals surface area contributed by atoms with Gasteiger partial charge in [-0.1, -0.05) is 20.8 Å². The van der Waals surface area contributed by atoms with Crippen LogP contribution >= 0.6 is 0 Å². The molecule has 0 radical (unpaired) electrons. The lowest BCUT2D eigenvalue weighted by molar-refractivity contribution is 0.235. The van der Waals surface area contributed by atoms with Crippen LogP contribution in [-0.4, -0.2) is 27.3 Å². The summed E-state index contributed by atoms with van der Waals surface area (Å²) >= 11 is 0. The molecule has 106 valence electrons. The summed E-state index contributed by atoms with van der Waals surface area (Å²) in [6, 6.07) is 0.370. The van der Waals surface area contributed by atoms with Crippen molar-refractivity contribution in [2.45, 2.75) is 52.1 Å². The minimum Gasteiger partial charge on any atom is -0.396 e. The first-order valence-corrected chi connectivity index (χ1v) is 6.88. The third-order valence-electron chi connectivity index (χ3n) is 3.58. The fourth-order valence-electron chi connectivity index (χ4n) is 2.18. The summed E-state index contributed by atoms with van der Waals surface area (Å²) in [7, 11) is 0. The molecule has 1 fully saturated rings. The summed E-state index contributed by atoms with van der Waals surface area (Å²) in [4.78, 5) is 16.5. The standard InChI is InChI=1S/C14H23N3O2/c1-14(2,3)11(6-9-18)16-12-13(19)17(8-7-15-12)10-4-5-10/h7-8,10-11,18H,4-6,9H2,1-3H3,(H,15,16). The van der Waals surface area contributed by atoms with Gasteiger partial charge in [0, 0.05) is 31.1 Å². The number of aromatic nitrogens is 2. The van der Waals surface area contributed by atoms with Crippen LogP contribution in [0, 0.1) is 5.41 Å². The van der Waals surface area contributed by atoms with Gasteiger partial charge in [-0.15, -0.1) is 0 Å². The third-order valence-corrected chi connectivity index (χ3v) is 3.58. The number of nitrogens with one attached hydrogen (secondary N) is 1. The maximum Gasteiger partial charge on any atom is 0.293 e. The summed E-state index contributed by atoms with van der Waals surface area (Å²) in [6.07, 6.45) is 6.17. The van der Waals surface area contributed by atoms with Gasteiger partial charge in [0.2, 0.25) is 0 Å². The zero-order chi connectivity index (χ0) is 14.0. The molecule has 0 amide bonds. The molecule has 1 aliphatic rings. The molecule has 19 heavy (non-hydrogen) atoms. The Hall–Kier alpha value is -1.36. The zero-order valence-electron chi connectivity index (χ0n) is 11.9. The first kappa shape index (κ1) is 14.1. The van der Waals surface area contributed by atoms with Gasteiger partial charge in [0.25, 0.3) is 5.56 Å². The molecule has 1 aromatic heterocycles. The first-order chi connectivity index (χ1) is 8.93. The first-order valence-electron chi connectivity index (χ1n) is 6.88. The molecular formula is C14H23N3O2. The van der Waals surface area contributed by atoms with E-state index in [2.05, 4.69) is 31.1 Å². The van der Waals surface area contributed by atoms with Gasteiger partial charge < -0.3 is 15.0 Å². The molecular weight excluding hydrogens is 242 g/mol. The molecule has 5 heteroatoms. The van der Waals surface area contributed by atoms with Crippen molar-refractivity contribution in [3.63, 3.8) is 0 Å². The van der Waals surface area contributed by atoms with E-state index in [4.69, 9.17) is 5.11 Å². The molecule has 0 spiro atoms. The number of aliphatic hydroxyl groups excluding tert-OH is 1. The van der Waals surface area contributed by atoms with Crippen molar-refractivity contribution < 1.29 is 5.11 Å². The smallest absolute Gasteiger partial charge is 0.293 e. The third kappa shape index (κ3) is 3.35. The lowest BCUT2D eigenvalue weighted by Gasteiger charge is -2.31. The maximum atomic E-state index is 12.3.